The maximum atomic E-state index is 12.0. The van der Waals surface area contributed by atoms with Crippen molar-refractivity contribution in [2.75, 3.05) is 7.05 Å². The number of rotatable bonds is 4. The molecule has 17 heavy (non-hydrogen) atoms. The van der Waals surface area contributed by atoms with Gasteiger partial charge in [-0.05, 0) is 0 Å². The maximum Gasteiger partial charge on any atom is 0.456 e. The molecule has 0 unspecified atom stereocenters. The number of Topliss-reactive ketones (excluding diaryl/α,β-unsaturated/α-hetero) is 1. The highest BCUT2D eigenvalue weighted by Gasteiger charge is 2.41. The number of aromatic nitrogens is 3. The third kappa shape index (κ3) is 3.54. The van der Waals surface area contributed by atoms with Crippen molar-refractivity contribution in [3.8, 4) is 0 Å². The number of alkyl halides is 3. The van der Waals surface area contributed by atoms with Gasteiger partial charge in [-0.15, -0.1) is 5.10 Å². The van der Waals surface area contributed by atoms with E-state index in [4.69, 9.17) is 0 Å². The van der Waals surface area contributed by atoms with Gasteiger partial charge in [0.2, 0.25) is 5.91 Å². The molecular formula is C8H9F3N4O2. The summed E-state index contributed by atoms with van der Waals surface area (Å²) in [6, 6.07) is 0. The first kappa shape index (κ1) is 13.1. The zero-order chi connectivity index (χ0) is 13.1. The van der Waals surface area contributed by atoms with E-state index in [1.54, 1.807) is 0 Å². The number of hydrogen-bond acceptors (Lipinski definition) is 4. The van der Waals surface area contributed by atoms with Crippen molar-refractivity contribution in [2.24, 2.45) is 0 Å². The Morgan fingerprint density at radius 3 is 2.65 bits per heavy atom. The number of halogens is 3. The number of amides is 1. The highest BCUT2D eigenvalue weighted by atomic mass is 19.4. The van der Waals surface area contributed by atoms with Crippen LogP contribution < -0.4 is 5.32 Å². The third-order valence-corrected chi connectivity index (χ3v) is 1.88. The predicted octanol–water partition coefficient (Wildman–Crippen LogP) is 0.159. The molecule has 0 aliphatic carbocycles. The second-order valence-electron chi connectivity index (χ2n) is 3.12. The molecule has 1 rings (SSSR count). The molecule has 0 radical (unpaired) electrons. The second-order valence-corrected chi connectivity index (χ2v) is 3.12. The normalized spacial score (nSPS) is 11.3. The lowest BCUT2D eigenvalue weighted by Crippen LogP contribution is -2.23. The van der Waals surface area contributed by atoms with Crippen LogP contribution in [0.15, 0.2) is 6.20 Å². The van der Waals surface area contributed by atoms with Crippen LogP contribution in [0.5, 0.6) is 0 Å². The second kappa shape index (κ2) is 4.93. The van der Waals surface area contributed by atoms with Crippen molar-refractivity contribution in [3.63, 3.8) is 0 Å². The fourth-order valence-corrected chi connectivity index (χ4v) is 0.998. The number of ketones is 1. The van der Waals surface area contributed by atoms with Gasteiger partial charge in [0.15, 0.2) is 5.69 Å². The van der Waals surface area contributed by atoms with Gasteiger partial charge in [-0.3, -0.25) is 14.3 Å². The van der Waals surface area contributed by atoms with Crippen LogP contribution in [0.3, 0.4) is 0 Å². The van der Waals surface area contributed by atoms with Crippen LogP contribution in [0.2, 0.25) is 0 Å². The SMILES string of the molecule is CNC(=O)CCn1cc(C(=O)C(F)(F)F)nn1. The van der Waals surface area contributed by atoms with Crippen LogP contribution in [0, 0.1) is 0 Å². The summed E-state index contributed by atoms with van der Waals surface area (Å²) >= 11 is 0. The predicted molar refractivity (Wildman–Crippen MR) is 49.1 cm³/mol. The number of hydrogen-bond donors (Lipinski definition) is 1. The summed E-state index contributed by atoms with van der Waals surface area (Å²) in [6.07, 6.45) is -4.07. The lowest BCUT2D eigenvalue weighted by atomic mass is 10.3. The quantitative estimate of drug-likeness (QED) is 0.772. The van der Waals surface area contributed by atoms with Gasteiger partial charge in [0.1, 0.15) is 0 Å². The Kier molecular flexibility index (Phi) is 3.81. The average Bonchev–Trinajstić information content (AvgIpc) is 2.71. The van der Waals surface area contributed by atoms with Crippen molar-refractivity contribution in [2.45, 2.75) is 19.1 Å². The maximum absolute atomic E-state index is 12.0. The van der Waals surface area contributed by atoms with Gasteiger partial charge in [0.25, 0.3) is 5.78 Å². The summed E-state index contributed by atoms with van der Waals surface area (Å²) < 4.78 is 37.1. The third-order valence-electron chi connectivity index (χ3n) is 1.88. The first-order valence-electron chi connectivity index (χ1n) is 4.57. The Morgan fingerprint density at radius 1 is 1.47 bits per heavy atom. The zero-order valence-corrected chi connectivity index (χ0v) is 8.78. The number of carbonyl (C=O) groups excluding carboxylic acids is 2. The lowest BCUT2D eigenvalue weighted by molar-refractivity contribution is -0.120. The number of carbonyl (C=O) groups is 2. The van der Waals surface area contributed by atoms with E-state index >= 15 is 0 Å². The molecule has 9 heteroatoms. The van der Waals surface area contributed by atoms with E-state index in [1.165, 1.54) is 7.05 Å². The van der Waals surface area contributed by atoms with Crippen LogP contribution in [-0.4, -0.2) is 39.9 Å². The molecule has 0 saturated heterocycles. The molecular weight excluding hydrogens is 241 g/mol. The highest BCUT2D eigenvalue weighted by Crippen LogP contribution is 2.19. The van der Waals surface area contributed by atoms with Crippen molar-refractivity contribution in [1.82, 2.24) is 20.3 Å². The first-order valence-corrected chi connectivity index (χ1v) is 4.57. The lowest BCUT2D eigenvalue weighted by Gasteiger charge is -2.00. The summed E-state index contributed by atoms with van der Waals surface area (Å²) in [5.41, 5.74) is -0.783. The summed E-state index contributed by atoms with van der Waals surface area (Å²) in [6.45, 7) is 0.0534. The Balaban J connectivity index is 2.66. The van der Waals surface area contributed by atoms with E-state index in [0.29, 0.717) is 0 Å². The number of nitrogens with one attached hydrogen (secondary N) is 1. The molecule has 1 N–H and O–H groups in total. The van der Waals surface area contributed by atoms with E-state index < -0.39 is 17.7 Å². The van der Waals surface area contributed by atoms with Crippen LogP contribution in [0.4, 0.5) is 13.2 Å². The van der Waals surface area contributed by atoms with E-state index in [9.17, 15) is 22.8 Å². The van der Waals surface area contributed by atoms with Crippen LogP contribution in [0.1, 0.15) is 16.9 Å². The van der Waals surface area contributed by atoms with Gasteiger partial charge in [-0.2, -0.15) is 13.2 Å². The topological polar surface area (TPSA) is 76.9 Å². The zero-order valence-electron chi connectivity index (χ0n) is 8.78. The van der Waals surface area contributed by atoms with Gasteiger partial charge >= 0.3 is 6.18 Å². The standard InChI is InChI=1S/C8H9F3N4O2/c1-12-6(16)2-3-15-4-5(13-14-15)7(17)8(9,10)11/h4H,2-3H2,1H3,(H,12,16). The Bertz CT molecular complexity index is 427. The molecule has 0 atom stereocenters. The van der Waals surface area contributed by atoms with Gasteiger partial charge in [-0.25, -0.2) is 0 Å². The number of aryl methyl sites for hydroxylation is 1. The average molecular weight is 250 g/mol. The molecule has 0 aliphatic heterocycles. The minimum absolute atomic E-state index is 0.0412. The molecule has 0 aromatic carbocycles. The smallest absolute Gasteiger partial charge is 0.359 e. The summed E-state index contributed by atoms with van der Waals surface area (Å²) in [5, 5.41) is 8.76. The fourth-order valence-electron chi connectivity index (χ4n) is 0.998. The Hall–Kier alpha value is -1.93. The molecule has 0 saturated carbocycles. The largest absolute Gasteiger partial charge is 0.456 e. The van der Waals surface area contributed by atoms with E-state index in [0.717, 1.165) is 10.9 Å². The minimum Gasteiger partial charge on any atom is -0.359 e. The van der Waals surface area contributed by atoms with E-state index in [1.807, 2.05) is 0 Å². The summed E-state index contributed by atoms with van der Waals surface area (Å²) in [5.74, 6) is -2.34. The van der Waals surface area contributed by atoms with Crippen molar-refractivity contribution in [1.29, 1.82) is 0 Å². The molecule has 0 bridgehead atoms. The highest BCUT2D eigenvalue weighted by molar-refractivity contribution is 5.98. The Labute approximate surface area is 93.8 Å². The molecule has 1 heterocycles. The molecule has 94 valence electrons. The minimum atomic E-state index is -4.97. The molecule has 0 spiro atoms. The van der Waals surface area contributed by atoms with Gasteiger partial charge in [-0.1, -0.05) is 5.21 Å². The molecule has 1 aromatic rings. The summed E-state index contributed by atoms with van der Waals surface area (Å²) in [4.78, 5) is 21.6. The van der Waals surface area contributed by atoms with Crippen LogP contribution in [0.25, 0.3) is 0 Å². The first-order chi connectivity index (χ1) is 7.84. The molecule has 1 amide bonds. The van der Waals surface area contributed by atoms with Gasteiger partial charge < -0.3 is 5.32 Å². The van der Waals surface area contributed by atoms with Crippen molar-refractivity contribution in [3.05, 3.63) is 11.9 Å². The summed E-state index contributed by atoms with van der Waals surface area (Å²) in [7, 11) is 1.43. The molecule has 0 fully saturated rings. The monoisotopic (exact) mass is 250 g/mol. The van der Waals surface area contributed by atoms with E-state index in [2.05, 4.69) is 15.6 Å². The van der Waals surface area contributed by atoms with Crippen molar-refractivity contribution >= 4 is 11.7 Å². The number of nitrogens with zero attached hydrogens (tertiary/aromatic N) is 3. The van der Waals surface area contributed by atoms with Crippen LogP contribution >= 0.6 is 0 Å². The molecule has 1 aromatic heterocycles. The van der Waals surface area contributed by atoms with E-state index in [-0.39, 0.29) is 18.9 Å². The Morgan fingerprint density at radius 2 is 2.12 bits per heavy atom. The fraction of sp³-hybridized carbons (Fsp3) is 0.500. The molecule has 0 aliphatic rings. The van der Waals surface area contributed by atoms with Crippen molar-refractivity contribution < 1.29 is 22.8 Å². The molecule has 6 nitrogen and oxygen atoms in total. The van der Waals surface area contributed by atoms with Gasteiger partial charge in [0.05, 0.1) is 12.7 Å². The van der Waals surface area contributed by atoms with Crippen LogP contribution in [-0.2, 0) is 11.3 Å². The van der Waals surface area contributed by atoms with Gasteiger partial charge in [0, 0.05) is 13.5 Å².